The maximum atomic E-state index is 13.4. The molecule has 1 aliphatic heterocycles. The smallest absolute Gasteiger partial charge is 0.249 e. The third-order valence-corrected chi connectivity index (χ3v) is 6.78. The highest BCUT2D eigenvalue weighted by Crippen LogP contribution is 2.27. The number of likely N-dealkylation sites (tertiary alicyclic amines) is 1. The Morgan fingerprint density at radius 3 is 2.43 bits per heavy atom. The van der Waals surface area contributed by atoms with Gasteiger partial charge in [-0.3, -0.25) is 9.59 Å². The second-order valence-corrected chi connectivity index (χ2v) is 9.59. The van der Waals surface area contributed by atoms with E-state index in [4.69, 9.17) is 16.0 Å². The van der Waals surface area contributed by atoms with Crippen LogP contribution in [0.3, 0.4) is 0 Å². The van der Waals surface area contributed by atoms with Crippen molar-refractivity contribution < 1.29 is 14.0 Å². The number of carbonyl (C=O) groups excluding carboxylic acids is 2. The predicted molar refractivity (Wildman–Crippen MR) is 134 cm³/mol. The monoisotopic (exact) mass is 494 g/mol. The van der Waals surface area contributed by atoms with Crippen molar-refractivity contribution in [3.63, 3.8) is 0 Å². The van der Waals surface area contributed by atoms with Gasteiger partial charge in [0.25, 0.3) is 0 Å². The lowest BCUT2D eigenvalue weighted by Crippen LogP contribution is -2.46. The van der Waals surface area contributed by atoms with E-state index in [0.29, 0.717) is 54.7 Å². The fourth-order valence-corrected chi connectivity index (χ4v) is 4.60. The Kier molecular flexibility index (Phi) is 8.18. The summed E-state index contributed by atoms with van der Waals surface area (Å²) < 4.78 is 5.83. The quantitative estimate of drug-likeness (QED) is 0.440. The van der Waals surface area contributed by atoms with Crippen LogP contribution in [0.1, 0.15) is 44.6 Å². The zero-order chi connectivity index (χ0) is 24.8. The number of amides is 2. The second-order valence-electron chi connectivity index (χ2n) is 9.18. The summed E-state index contributed by atoms with van der Waals surface area (Å²) >= 11 is 6.24. The molecule has 0 atom stereocenters. The van der Waals surface area contributed by atoms with E-state index in [1.165, 1.54) is 0 Å². The average molecular weight is 495 g/mol. The van der Waals surface area contributed by atoms with Crippen LogP contribution in [0.15, 0.2) is 59.0 Å². The summed E-state index contributed by atoms with van der Waals surface area (Å²) in [4.78, 5) is 29.7. The highest BCUT2D eigenvalue weighted by atomic mass is 35.5. The molecule has 184 valence electrons. The Labute approximate surface area is 211 Å². The Morgan fingerprint density at radius 2 is 1.74 bits per heavy atom. The molecule has 0 bridgehead atoms. The van der Waals surface area contributed by atoms with Crippen LogP contribution in [-0.4, -0.2) is 50.9 Å². The number of piperidine rings is 1. The molecule has 1 saturated heterocycles. The minimum atomic E-state index is -0.124. The molecule has 1 aromatic heterocycles. The molecule has 3 aromatic rings. The number of hydrogen-bond acceptors (Lipinski definition) is 5. The van der Waals surface area contributed by atoms with Gasteiger partial charge in [0.05, 0.1) is 17.1 Å². The van der Waals surface area contributed by atoms with Crippen LogP contribution >= 0.6 is 11.6 Å². The largest absolute Gasteiger partial charge is 0.419 e. The van der Waals surface area contributed by atoms with Gasteiger partial charge in [-0.1, -0.05) is 54.1 Å². The van der Waals surface area contributed by atoms with E-state index in [9.17, 15) is 9.59 Å². The van der Waals surface area contributed by atoms with E-state index in [2.05, 4.69) is 10.2 Å². The van der Waals surface area contributed by atoms with Gasteiger partial charge in [0.1, 0.15) is 0 Å². The van der Waals surface area contributed by atoms with Gasteiger partial charge in [-0.15, -0.1) is 10.2 Å². The lowest BCUT2D eigenvalue weighted by Gasteiger charge is -2.35. The minimum absolute atomic E-state index is 0.0244. The fourth-order valence-electron chi connectivity index (χ4n) is 4.39. The van der Waals surface area contributed by atoms with Crippen LogP contribution in [0, 0.1) is 5.92 Å². The van der Waals surface area contributed by atoms with Gasteiger partial charge >= 0.3 is 0 Å². The molecule has 1 fully saturated rings. The molecule has 2 aromatic carbocycles. The van der Waals surface area contributed by atoms with Crippen molar-refractivity contribution >= 4 is 23.4 Å². The summed E-state index contributed by atoms with van der Waals surface area (Å²) in [6.07, 6.45) is 2.55. The summed E-state index contributed by atoms with van der Waals surface area (Å²) in [5.74, 6) is 0.799. The Morgan fingerprint density at radius 1 is 1.06 bits per heavy atom. The molecule has 0 radical (unpaired) electrons. The molecule has 0 saturated carbocycles. The highest BCUT2D eigenvalue weighted by Gasteiger charge is 2.32. The third-order valence-electron chi connectivity index (χ3n) is 6.45. The molecular weight excluding hydrogens is 464 g/mol. The predicted octanol–water partition coefficient (Wildman–Crippen LogP) is 5.00. The van der Waals surface area contributed by atoms with Crippen LogP contribution < -0.4 is 0 Å². The topological polar surface area (TPSA) is 79.5 Å². The van der Waals surface area contributed by atoms with Crippen LogP contribution in [0.25, 0.3) is 11.5 Å². The molecule has 0 N–H and O–H groups in total. The van der Waals surface area contributed by atoms with E-state index in [0.717, 1.165) is 12.0 Å². The average Bonchev–Trinajstić information content (AvgIpc) is 3.35. The van der Waals surface area contributed by atoms with Gasteiger partial charge in [0.2, 0.25) is 23.6 Å². The van der Waals surface area contributed by atoms with E-state index in [1.54, 1.807) is 11.0 Å². The maximum absolute atomic E-state index is 13.4. The number of rotatable bonds is 8. The van der Waals surface area contributed by atoms with Gasteiger partial charge in [-0.25, -0.2) is 0 Å². The lowest BCUT2D eigenvalue weighted by atomic mass is 9.94. The third kappa shape index (κ3) is 6.28. The van der Waals surface area contributed by atoms with Gasteiger partial charge in [0, 0.05) is 31.5 Å². The second kappa shape index (κ2) is 11.5. The minimum Gasteiger partial charge on any atom is -0.419 e. The molecule has 0 spiro atoms. The lowest BCUT2D eigenvalue weighted by molar-refractivity contribution is -0.142. The maximum Gasteiger partial charge on any atom is 0.249 e. The molecule has 8 heteroatoms. The zero-order valence-electron chi connectivity index (χ0n) is 20.2. The van der Waals surface area contributed by atoms with Crippen molar-refractivity contribution in [3.8, 4) is 11.5 Å². The first-order valence-corrected chi connectivity index (χ1v) is 12.5. The molecule has 35 heavy (non-hydrogen) atoms. The number of benzene rings is 2. The number of aryl methyl sites for hydroxylation is 1. The van der Waals surface area contributed by atoms with Crippen molar-refractivity contribution in [1.82, 2.24) is 20.0 Å². The van der Waals surface area contributed by atoms with E-state index in [1.807, 2.05) is 67.3 Å². The summed E-state index contributed by atoms with van der Waals surface area (Å²) in [7, 11) is 0. The Bertz CT molecular complexity index is 1140. The molecule has 1 aliphatic rings. The van der Waals surface area contributed by atoms with Crippen molar-refractivity contribution in [1.29, 1.82) is 0 Å². The molecule has 2 heterocycles. The summed E-state index contributed by atoms with van der Waals surface area (Å²) in [6, 6.07) is 17.3. The van der Waals surface area contributed by atoms with Crippen LogP contribution in [0.4, 0.5) is 0 Å². The summed E-state index contributed by atoms with van der Waals surface area (Å²) in [6.45, 7) is 5.40. The Balaban J connectivity index is 1.32. The van der Waals surface area contributed by atoms with Gasteiger partial charge in [-0.05, 0) is 50.8 Å². The van der Waals surface area contributed by atoms with Crippen molar-refractivity contribution in [3.05, 3.63) is 71.1 Å². The van der Waals surface area contributed by atoms with E-state index in [-0.39, 0.29) is 30.3 Å². The van der Waals surface area contributed by atoms with Crippen molar-refractivity contribution in [2.24, 2.45) is 5.92 Å². The number of hydrogen-bond donors (Lipinski definition) is 0. The standard InChI is InChI=1S/C27H31ClN4O3/c1-19(2)32(18-24-29-30-26(35-24)22-10-6-7-11-23(22)28)27(34)21-14-16-31(17-15-21)25(33)13-12-20-8-4-3-5-9-20/h3-11,19,21H,12-18H2,1-2H3. The van der Waals surface area contributed by atoms with Gasteiger partial charge < -0.3 is 14.2 Å². The summed E-state index contributed by atoms with van der Waals surface area (Å²) in [5.41, 5.74) is 1.83. The van der Waals surface area contributed by atoms with Crippen LogP contribution in [0.2, 0.25) is 5.02 Å². The number of carbonyl (C=O) groups is 2. The molecule has 2 amide bonds. The molecule has 0 aliphatic carbocycles. The van der Waals surface area contributed by atoms with Crippen molar-refractivity contribution in [2.45, 2.75) is 52.1 Å². The van der Waals surface area contributed by atoms with Gasteiger partial charge in [0.15, 0.2) is 0 Å². The van der Waals surface area contributed by atoms with E-state index < -0.39 is 0 Å². The molecule has 4 rings (SSSR count). The first-order valence-electron chi connectivity index (χ1n) is 12.1. The zero-order valence-corrected chi connectivity index (χ0v) is 20.9. The highest BCUT2D eigenvalue weighted by molar-refractivity contribution is 6.33. The summed E-state index contributed by atoms with van der Waals surface area (Å²) in [5, 5.41) is 8.79. The SMILES string of the molecule is CC(C)N(Cc1nnc(-c2ccccc2Cl)o1)C(=O)C1CCN(C(=O)CCc2ccccc2)CC1. The Hall–Kier alpha value is -3.19. The fraction of sp³-hybridized carbons (Fsp3) is 0.407. The van der Waals surface area contributed by atoms with Crippen LogP contribution in [-0.2, 0) is 22.6 Å². The van der Waals surface area contributed by atoms with Gasteiger partial charge in [-0.2, -0.15) is 0 Å². The van der Waals surface area contributed by atoms with Crippen molar-refractivity contribution in [2.75, 3.05) is 13.1 Å². The van der Waals surface area contributed by atoms with Crippen LogP contribution in [0.5, 0.6) is 0 Å². The molecule has 7 nitrogen and oxygen atoms in total. The number of halogens is 1. The first kappa shape index (κ1) is 24.9. The number of nitrogens with zero attached hydrogens (tertiary/aromatic N) is 4. The van der Waals surface area contributed by atoms with E-state index >= 15 is 0 Å². The first-order chi connectivity index (χ1) is 16.9. The molecule has 0 unspecified atom stereocenters. The normalized spacial score (nSPS) is 14.3. The molecular formula is C27H31ClN4O3. The number of aromatic nitrogens is 2.